The molecule has 17 heteroatoms. The maximum atomic E-state index is 14.9. The number of allylic oxidation sites excluding steroid dienone is 2. The highest BCUT2D eigenvalue weighted by atomic mass is 32.2. The van der Waals surface area contributed by atoms with Crippen molar-refractivity contribution in [2.75, 3.05) is 19.8 Å². The molecule has 7 atom stereocenters. The molecule has 3 fully saturated rings. The first-order valence-corrected chi connectivity index (χ1v) is 21.7. The van der Waals surface area contributed by atoms with Gasteiger partial charge in [-0.25, -0.2) is 12.8 Å². The van der Waals surface area contributed by atoms with Crippen LogP contribution in [0.25, 0.3) is 10.8 Å². The van der Waals surface area contributed by atoms with Crippen molar-refractivity contribution in [3.8, 4) is 11.8 Å². The van der Waals surface area contributed by atoms with E-state index in [-0.39, 0.29) is 49.9 Å². The molecule has 324 valence electrons. The Hall–Kier alpha value is -4.28. The van der Waals surface area contributed by atoms with Crippen LogP contribution in [0.3, 0.4) is 0 Å². The summed E-state index contributed by atoms with van der Waals surface area (Å²) in [7, 11) is -4.42. The van der Waals surface area contributed by atoms with Crippen LogP contribution in [-0.2, 0) is 33.9 Å². The number of amides is 2. The van der Waals surface area contributed by atoms with Crippen molar-refractivity contribution >= 4 is 44.4 Å². The van der Waals surface area contributed by atoms with Gasteiger partial charge in [0.1, 0.15) is 17.5 Å². The highest BCUT2D eigenvalue weighted by molar-refractivity contribution is 7.91. The van der Waals surface area contributed by atoms with Gasteiger partial charge in [0.15, 0.2) is 5.78 Å². The summed E-state index contributed by atoms with van der Waals surface area (Å²) in [6.07, 6.45) is -1.50. The number of pyridine rings is 1. The van der Waals surface area contributed by atoms with E-state index in [9.17, 15) is 45.2 Å². The number of carbonyl (C=O) groups excluding carboxylic acids is 4. The molecule has 12 nitrogen and oxygen atoms in total. The second-order valence-electron chi connectivity index (χ2n) is 17.4. The smallest absolute Gasteiger partial charge is 0.427 e. The lowest BCUT2D eigenvalue weighted by Crippen LogP contribution is -2.49. The Kier molecular flexibility index (Phi) is 12.5. The van der Waals surface area contributed by atoms with Crippen LogP contribution in [0.2, 0.25) is 0 Å². The zero-order valence-electron chi connectivity index (χ0n) is 34.0. The Balaban J connectivity index is 1.36. The molecule has 1 saturated heterocycles. The average molecular weight is 852 g/mol. The van der Waals surface area contributed by atoms with Gasteiger partial charge in [0.25, 0.3) is 0 Å². The number of rotatable bonds is 11. The fourth-order valence-corrected chi connectivity index (χ4v) is 9.86. The first-order chi connectivity index (χ1) is 27.7. The lowest BCUT2D eigenvalue weighted by molar-refractivity contribution is -0.257. The van der Waals surface area contributed by atoms with Gasteiger partial charge in [-0.05, 0) is 88.5 Å². The summed E-state index contributed by atoms with van der Waals surface area (Å²) in [5.74, 6) is -5.23. The third-order valence-electron chi connectivity index (χ3n) is 12.5. The van der Waals surface area contributed by atoms with Gasteiger partial charge in [-0.2, -0.15) is 18.2 Å². The van der Waals surface area contributed by atoms with Gasteiger partial charge in [0.2, 0.25) is 39.2 Å². The van der Waals surface area contributed by atoms with Crippen LogP contribution >= 0.6 is 0 Å². The molecule has 1 N–H and O–H groups in total. The van der Waals surface area contributed by atoms with E-state index in [0.717, 1.165) is 19.2 Å². The molecule has 2 aliphatic heterocycles. The summed E-state index contributed by atoms with van der Waals surface area (Å²) in [6, 6.07) is 7.76. The number of aromatic nitrogens is 1. The highest BCUT2D eigenvalue weighted by Gasteiger charge is 2.63. The first-order valence-electron chi connectivity index (χ1n) is 20.3. The van der Waals surface area contributed by atoms with Crippen molar-refractivity contribution in [3.05, 3.63) is 42.5 Å². The molecule has 3 heterocycles. The summed E-state index contributed by atoms with van der Waals surface area (Å²) in [5, 5.41) is 1.38. The summed E-state index contributed by atoms with van der Waals surface area (Å²) in [6.45, 7) is 5.91. The number of nitrogens with zero attached hydrogens (tertiary/aromatic N) is 2. The lowest BCUT2D eigenvalue weighted by Gasteiger charge is -2.33. The van der Waals surface area contributed by atoms with Crippen molar-refractivity contribution < 1.29 is 59.4 Å². The maximum Gasteiger partial charge on any atom is 0.427 e. The quantitative estimate of drug-likeness (QED) is 0.145. The molecule has 1 aromatic carbocycles. The third-order valence-corrected chi connectivity index (χ3v) is 14.6. The maximum absolute atomic E-state index is 14.9. The lowest BCUT2D eigenvalue weighted by atomic mass is 9.82. The number of hydrogen-bond donors (Lipinski definition) is 1. The normalized spacial score (nSPS) is 29.3. The van der Waals surface area contributed by atoms with E-state index in [4.69, 9.17) is 14.2 Å². The molecule has 0 radical (unpaired) electrons. The second kappa shape index (κ2) is 16.6. The SMILES string of the molecule is CCOc1cc2ccccc2c(O[C@@H]2C[C@H]3C(=O)C[C@]4(C(=O)NS(=O)(=O)C5(CF)CC5)C[C@H]4/C=C\CC[C@@H](C)C[C@@H](C)[C@H](CC(=O)OC(C)(C)C(F)(F)F)C(=O)N3C2)n1. The molecule has 6 rings (SSSR count). The number of sulfonamides is 1. The third kappa shape index (κ3) is 9.24. The number of esters is 1. The monoisotopic (exact) mass is 851 g/mol. The van der Waals surface area contributed by atoms with E-state index in [1.807, 2.05) is 25.1 Å². The molecular weight excluding hydrogens is 799 g/mol. The van der Waals surface area contributed by atoms with Gasteiger partial charge in [-0.3, -0.25) is 23.9 Å². The molecule has 0 unspecified atom stereocenters. The van der Waals surface area contributed by atoms with Crippen molar-refractivity contribution in [3.63, 3.8) is 0 Å². The van der Waals surface area contributed by atoms with E-state index in [1.165, 1.54) is 4.90 Å². The molecule has 2 aliphatic carbocycles. The van der Waals surface area contributed by atoms with E-state index in [1.54, 1.807) is 38.1 Å². The van der Waals surface area contributed by atoms with Crippen molar-refractivity contribution in [2.24, 2.45) is 29.1 Å². The Morgan fingerprint density at radius 1 is 1.08 bits per heavy atom. The Bertz CT molecular complexity index is 2090. The summed E-state index contributed by atoms with van der Waals surface area (Å²) >= 11 is 0. The summed E-state index contributed by atoms with van der Waals surface area (Å²) < 4.78 is 99.1. The van der Waals surface area contributed by atoms with Gasteiger partial charge in [-0.15, -0.1) is 0 Å². The Morgan fingerprint density at radius 3 is 2.46 bits per heavy atom. The van der Waals surface area contributed by atoms with Crippen LogP contribution in [0.15, 0.2) is 42.5 Å². The predicted octanol–water partition coefficient (Wildman–Crippen LogP) is 6.80. The molecular formula is C42H53F4N3O9S. The largest absolute Gasteiger partial charge is 0.478 e. The minimum Gasteiger partial charge on any atom is -0.478 e. The van der Waals surface area contributed by atoms with Gasteiger partial charge >= 0.3 is 12.1 Å². The van der Waals surface area contributed by atoms with Crippen LogP contribution in [0, 0.1) is 29.1 Å². The molecule has 2 saturated carbocycles. The number of Topliss-reactive ketones (excluding diaryl/α,β-unsaturated/α-hetero) is 1. The van der Waals surface area contributed by atoms with Crippen LogP contribution in [0.4, 0.5) is 17.6 Å². The van der Waals surface area contributed by atoms with Crippen LogP contribution in [-0.4, -0.2) is 90.4 Å². The minimum absolute atomic E-state index is 0.0189. The summed E-state index contributed by atoms with van der Waals surface area (Å²) in [4.78, 5) is 62.6. The number of hydrogen-bond acceptors (Lipinski definition) is 10. The standard InChI is InChI=1S/C42H53F4N3O9S/c1-6-56-34-18-27-12-8-10-14-30(27)36(47-34)57-29-19-32-33(50)22-41(38(53)48-59(54,55)40(24-43)15-16-40)21-28(41)13-9-7-11-25(2)17-26(3)31(37(52)49(32)23-29)20-35(51)58-39(4,5)42(44,45)46/h8-10,12-14,18,25-26,28-29,31-32H,6-7,11,15-17,19-24H2,1-5H3,(H,48,53)/b13-9-/t25-,26-,28-,29-,31+,32+,41-/m1/s1. The number of nitrogens with one attached hydrogen (secondary N) is 1. The molecule has 59 heavy (non-hydrogen) atoms. The van der Waals surface area contributed by atoms with Gasteiger partial charge < -0.3 is 19.1 Å². The van der Waals surface area contributed by atoms with E-state index >= 15 is 0 Å². The molecule has 2 amide bonds. The van der Waals surface area contributed by atoms with Crippen molar-refractivity contribution in [1.29, 1.82) is 0 Å². The number of alkyl halides is 4. The molecule has 4 aliphatic rings. The van der Waals surface area contributed by atoms with Gasteiger partial charge in [0.05, 0.1) is 36.9 Å². The number of halogens is 4. The highest BCUT2D eigenvalue weighted by Crippen LogP contribution is 2.58. The van der Waals surface area contributed by atoms with E-state index in [2.05, 4.69) is 9.71 Å². The zero-order valence-corrected chi connectivity index (χ0v) is 34.8. The Morgan fingerprint density at radius 2 is 1.80 bits per heavy atom. The zero-order chi connectivity index (χ0) is 43.1. The fourth-order valence-electron chi connectivity index (χ4n) is 8.42. The van der Waals surface area contributed by atoms with E-state index in [0.29, 0.717) is 31.3 Å². The predicted molar refractivity (Wildman–Crippen MR) is 208 cm³/mol. The average Bonchev–Trinajstić information content (AvgIpc) is 4.06. The number of fused-ring (bicyclic) bond motifs is 3. The van der Waals surface area contributed by atoms with Gasteiger partial charge in [-0.1, -0.05) is 44.2 Å². The first kappa shape index (κ1) is 44.3. The number of benzene rings is 1. The van der Waals surface area contributed by atoms with Crippen molar-refractivity contribution in [1.82, 2.24) is 14.6 Å². The number of carbonyl (C=O) groups is 4. The number of ketones is 1. The number of ether oxygens (including phenoxy) is 3. The molecule has 0 bridgehead atoms. The van der Waals surface area contributed by atoms with Crippen LogP contribution < -0.4 is 14.2 Å². The molecule has 1 aromatic heterocycles. The fraction of sp³-hybridized carbons (Fsp3) is 0.643. The molecule has 0 spiro atoms. The van der Waals surface area contributed by atoms with E-state index < -0.39 is 105 Å². The van der Waals surface area contributed by atoms with Crippen LogP contribution in [0.5, 0.6) is 11.8 Å². The minimum atomic E-state index is -4.88. The second-order valence-corrected chi connectivity index (χ2v) is 19.5. The molecule has 2 aromatic rings. The topological polar surface area (TPSA) is 158 Å². The van der Waals surface area contributed by atoms with Crippen molar-refractivity contribution in [2.45, 2.75) is 121 Å². The van der Waals surface area contributed by atoms with Gasteiger partial charge in [0, 0.05) is 24.3 Å². The van der Waals surface area contributed by atoms with Crippen LogP contribution in [0.1, 0.15) is 92.4 Å². The summed E-state index contributed by atoms with van der Waals surface area (Å²) in [5.41, 5.74) is -4.34. The Labute approximate surface area is 341 Å².